The van der Waals surface area contributed by atoms with Crippen LogP contribution in [0.5, 0.6) is 0 Å². The van der Waals surface area contributed by atoms with Gasteiger partial charge in [0, 0.05) is 7.05 Å². The van der Waals surface area contributed by atoms with Gasteiger partial charge in [-0.15, -0.1) is 0 Å². The van der Waals surface area contributed by atoms with Crippen molar-refractivity contribution in [3.8, 4) is 0 Å². The van der Waals surface area contributed by atoms with E-state index >= 15 is 0 Å². The summed E-state index contributed by atoms with van der Waals surface area (Å²) in [4.78, 5) is 0. The maximum Gasteiger partial charge on any atom is 0.186 e. The average molecular weight is 322 g/mol. The Morgan fingerprint density at radius 1 is 1.43 bits per heavy atom. The second kappa shape index (κ2) is 7.19. The Hall–Kier alpha value is -1.92. The molecule has 0 amide bonds. The van der Waals surface area contributed by atoms with Gasteiger partial charge in [-0.1, -0.05) is 41.9 Å². The van der Waals surface area contributed by atoms with Crippen molar-refractivity contribution < 1.29 is 0 Å². The number of benzene rings is 1. The van der Waals surface area contributed by atoms with E-state index in [2.05, 4.69) is 20.9 Å². The lowest BCUT2D eigenvalue weighted by Gasteiger charge is -2.03. The molecule has 1 aromatic carbocycles. The molecule has 0 radical (unpaired) electrons. The van der Waals surface area contributed by atoms with Crippen molar-refractivity contribution in [1.82, 2.24) is 20.5 Å². The Morgan fingerprint density at radius 2 is 2.14 bits per heavy atom. The minimum absolute atomic E-state index is 0.441. The molecule has 0 fully saturated rings. The van der Waals surface area contributed by atoms with Gasteiger partial charge in [-0.2, -0.15) is 10.2 Å². The van der Waals surface area contributed by atoms with Crippen molar-refractivity contribution >= 4 is 35.1 Å². The van der Waals surface area contributed by atoms with E-state index in [9.17, 15) is 0 Å². The van der Waals surface area contributed by atoms with Crippen LogP contribution in [0.1, 0.15) is 16.8 Å². The minimum Gasteiger partial charge on any atom is -0.364 e. The summed E-state index contributed by atoms with van der Waals surface area (Å²) in [6, 6.07) is 10.0. The number of nitrogens with one attached hydrogen (secondary N) is 2. The van der Waals surface area contributed by atoms with Crippen LogP contribution in [0, 0.1) is 6.92 Å². The maximum atomic E-state index is 6.36. The zero-order chi connectivity index (χ0) is 15.2. The molecule has 2 N–H and O–H groups in total. The van der Waals surface area contributed by atoms with Crippen molar-refractivity contribution in [2.75, 3.05) is 7.05 Å². The lowest BCUT2D eigenvalue weighted by molar-refractivity contribution is 0.680. The van der Waals surface area contributed by atoms with Gasteiger partial charge in [-0.3, -0.25) is 5.43 Å². The van der Waals surface area contributed by atoms with E-state index in [1.54, 1.807) is 17.9 Å². The fourth-order valence-corrected chi connectivity index (χ4v) is 2.12. The molecule has 0 aliphatic heterocycles. The van der Waals surface area contributed by atoms with E-state index in [-0.39, 0.29) is 0 Å². The highest BCUT2D eigenvalue weighted by atomic mass is 35.5. The molecule has 0 aliphatic carbocycles. The smallest absolute Gasteiger partial charge is 0.186 e. The summed E-state index contributed by atoms with van der Waals surface area (Å²) >= 11 is 11.3. The molecule has 2 rings (SSSR count). The molecule has 0 bridgehead atoms. The topological polar surface area (TPSA) is 54.2 Å². The lowest BCUT2D eigenvalue weighted by atomic mass is 10.2. The summed E-state index contributed by atoms with van der Waals surface area (Å²) in [5, 5.41) is 12.2. The van der Waals surface area contributed by atoms with Crippen LogP contribution in [-0.2, 0) is 6.54 Å². The number of aromatic nitrogens is 2. The molecule has 2 aromatic rings. The molecule has 0 saturated carbocycles. The standard InChI is InChI=1S/C14H16ClN5S/c1-10-12(8-17-18-14(21)16-2)13(15)20(19-10)9-11-6-4-3-5-7-11/h3-8H,9H2,1-2H3,(H2,16,18,21)/b17-8-. The third kappa shape index (κ3) is 4.03. The summed E-state index contributed by atoms with van der Waals surface area (Å²) in [6.07, 6.45) is 1.62. The molecule has 110 valence electrons. The van der Waals surface area contributed by atoms with Gasteiger partial charge in [0.15, 0.2) is 5.11 Å². The van der Waals surface area contributed by atoms with Crippen LogP contribution >= 0.6 is 23.8 Å². The summed E-state index contributed by atoms with van der Waals surface area (Å²) in [7, 11) is 1.72. The van der Waals surface area contributed by atoms with Gasteiger partial charge in [0.25, 0.3) is 0 Å². The van der Waals surface area contributed by atoms with Gasteiger partial charge in [0.2, 0.25) is 0 Å². The van der Waals surface area contributed by atoms with Gasteiger partial charge < -0.3 is 5.32 Å². The van der Waals surface area contributed by atoms with Crippen LogP contribution in [0.2, 0.25) is 5.15 Å². The summed E-state index contributed by atoms with van der Waals surface area (Å²) in [6.45, 7) is 2.52. The molecule has 0 spiro atoms. The first-order valence-electron chi connectivity index (χ1n) is 6.39. The van der Waals surface area contributed by atoms with Gasteiger partial charge in [0.05, 0.1) is 24.0 Å². The van der Waals surface area contributed by atoms with E-state index in [1.807, 2.05) is 37.3 Å². The fraction of sp³-hybridized carbons (Fsp3) is 0.214. The minimum atomic E-state index is 0.441. The van der Waals surface area contributed by atoms with Crippen molar-refractivity contribution in [3.05, 3.63) is 52.3 Å². The van der Waals surface area contributed by atoms with E-state index in [0.29, 0.717) is 16.8 Å². The Balaban J connectivity index is 2.16. The van der Waals surface area contributed by atoms with Crippen LogP contribution in [0.15, 0.2) is 35.4 Å². The molecular weight excluding hydrogens is 306 g/mol. The third-order valence-electron chi connectivity index (χ3n) is 2.87. The number of thiocarbonyl (C=S) groups is 1. The molecule has 1 heterocycles. The Kier molecular flexibility index (Phi) is 5.30. The Morgan fingerprint density at radius 3 is 2.81 bits per heavy atom. The van der Waals surface area contributed by atoms with E-state index in [0.717, 1.165) is 16.8 Å². The molecule has 5 nitrogen and oxygen atoms in total. The van der Waals surface area contributed by atoms with Crippen molar-refractivity contribution in [3.63, 3.8) is 0 Å². The number of nitrogens with zero attached hydrogens (tertiary/aromatic N) is 3. The fourth-order valence-electron chi connectivity index (χ4n) is 1.79. The molecular formula is C14H16ClN5S. The number of aryl methyl sites for hydroxylation is 1. The predicted octanol–water partition coefficient (Wildman–Crippen LogP) is 2.32. The van der Waals surface area contributed by atoms with Crippen LogP contribution in [0.25, 0.3) is 0 Å². The predicted molar refractivity (Wildman–Crippen MR) is 89.9 cm³/mol. The number of hydrogen-bond donors (Lipinski definition) is 2. The SMILES string of the molecule is CNC(=S)N/N=C\c1c(C)nn(Cc2ccccc2)c1Cl. The second-order valence-corrected chi connectivity index (χ2v) is 5.15. The molecule has 7 heteroatoms. The zero-order valence-corrected chi connectivity index (χ0v) is 13.4. The zero-order valence-electron chi connectivity index (χ0n) is 11.8. The average Bonchev–Trinajstić information content (AvgIpc) is 2.75. The normalized spacial score (nSPS) is 10.8. The van der Waals surface area contributed by atoms with Gasteiger partial charge in [-0.25, -0.2) is 4.68 Å². The first-order valence-corrected chi connectivity index (χ1v) is 7.18. The summed E-state index contributed by atoms with van der Waals surface area (Å²) in [5.41, 5.74) is 5.42. The Labute approximate surface area is 134 Å². The highest BCUT2D eigenvalue weighted by Crippen LogP contribution is 2.19. The van der Waals surface area contributed by atoms with Crippen LogP contribution in [0.3, 0.4) is 0 Å². The Bertz CT molecular complexity index is 651. The number of hydrazone groups is 1. The number of halogens is 1. The second-order valence-electron chi connectivity index (χ2n) is 4.38. The monoisotopic (exact) mass is 321 g/mol. The molecule has 0 aliphatic rings. The van der Waals surface area contributed by atoms with Crippen LogP contribution in [0.4, 0.5) is 0 Å². The molecule has 0 atom stereocenters. The van der Waals surface area contributed by atoms with E-state index in [4.69, 9.17) is 23.8 Å². The molecule has 1 aromatic heterocycles. The largest absolute Gasteiger partial charge is 0.364 e. The van der Waals surface area contributed by atoms with Crippen molar-refractivity contribution in [2.45, 2.75) is 13.5 Å². The van der Waals surface area contributed by atoms with Crippen LogP contribution in [-0.4, -0.2) is 28.2 Å². The first-order chi connectivity index (χ1) is 10.1. The highest BCUT2D eigenvalue weighted by molar-refractivity contribution is 7.80. The molecule has 0 saturated heterocycles. The number of rotatable bonds is 4. The lowest BCUT2D eigenvalue weighted by Crippen LogP contribution is -2.28. The third-order valence-corrected chi connectivity index (χ3v) is 3.57. The summed E-state index contributed by atoms with van der Waals surface area (Å²) in [5.74, 6) is 0. The summed E-state index contributed by atoms with van der Waals surface area (Å²) < 4.78 is 1.75. The van der Waals surface area contributed by atoms with E-state index in [1.165, 1.54) is 0 Å². The molecule has 21 heavy (non-hydrogen) atoms. The molecule has 0 unspecified atom stereocenters. The van der Waals surface area contributed by atoms with Crippen molar-refractivity contribution in [2.24, 2.45) is 5.10 Å². The quantitative estimate of drug-likeness (QED) is 0.515. The van der Waals surface area contributed by atoms with Gasteiger partial charge >= 0.3 is 0 Å². The van der Waals surface area contributed by atoms with Crippen LogP contribution < -0.4 is 10.7 Å². The van der Waals surface area contributed by atoms with Gasteiger partial charge in [0.1, 0.15) is 5.15 Å². The maximum absolute atomic E-state index is 6.36. The highest BCUT2D eigenvalue weighted by Gasteiger charge is 2.11. The number of hydrogen-bond acceptors (Lipinski definition) is 3. The van der Waals surface area contributed by atoms with E-state index < -0.39 is 0 Å². The van der Waals surface area contributed by atoms with Gasteiger partial charge in [-0.05, 0) is 24.7 Å². The van der Waals surface area contributed by atoms with Crippen molar-refractivity contribution in [1.29, 1.82) is 0 Å². The first kappa shape index (κ1) is 15.5.